The highest BCUT2D eigenvalue weighted by molar-refractivity contribution is 7.80. The molecule has 0 amide bonds. The van der Waals surface area contributed by atoms with Gasteiger partial charge in [0.05, 0.1) is 6.42 Å². The predicted octanol–water partition coefficient (Wildman–Crippen LogP) is 1.42. The second-order valence-corrected chi connectivity index (χ2v) is 3.51. The second kappa shape index (κ2) is 2.46. The van der Waals surface area contributed by atoms with E-state index in [1.54, 1.807) is 0 Å². The van der Waals surface area contributed by atoms with E-state index in [9.17, 15) is 4.79 Å². The Morgan fingerprint density at radius 2 is 2.40 bits per heavy atom. The van der Waals surface area contributed by atoms with Crippen LogP contribution in [0.5, 0.6) is 0 Å². The van der Waals surface area contributed by atoms with Crippen LogP contribution in [-0.2, 0) is 4.79 Å². The standard InChI is InChI=1S/C7H12O2S/c1-5-2-7(5,4-10)3-6(8)9/h5,10H,2-4H2,1H3,(H,8,9). The molecule has 0 aromatic rings. The summed E-state index contributed by atoms with van der Waals surface area (Å²) in [4.78, 5) is 10.3. The zero-order valence-corrected chi connectivity index (χ0v) is 6.90. The highest BCUT2D eigenvalue weighted by Gasteiger charge is 2.50. The van der Waals surface area contributed by atoms with Crippen LogP contribution in [0.3, 0.4) is 0 Å². The summed E-state index contributed by atoms with van der Waals surface area (Å²) in [6.45, 7) is 2.08. The molecule has 58 valence electrons. The first-order valence-electron chi connectivity index (χ1n) is 3.43. The van der Waals surface area contributed by atoms with Crippen LogP contribution in [0, 0.1) is 11.3 Å². The lowest BCUT2D eigenvalue weighted by Crippen LogP contribution is -2.11. The Balaban J connectivity index is 2.45. The fourth-order valence-corrected chi connectivity index (χ4v) is 1.93. The lowest BCUT2D eigenvalue weighted by molar-refractivity contribution is -0.138. The van der Waals surface area contributed by atoms with Gasteiger partial charge in [0.25, 0.3) is 0 Å². The third kappa shape index (κ3) is 1.29. The van der Waals surface area contributed by atoms with Crippen LogP contribution in [-0.4, -0.2) is 16.8 Å². The first-order chi connectivity index (χ1) is 4.60. The molecule has 2 unspecified atom stereocenters. The van der Waals surface area contributed by atoms with Crippen LogP contribution in [0.2, 0.25) is 0 Å². The summed E-state index contributed by atoms with van der Waals surface area (Å²) < 4.78 is 0. The molecule has 1 N–H and O–H groups in total. The van der Waals surface area contributed by atoms with E-state index in [1.165, 1.54) is 0 Å². The van der Waals surface area contributed by atoms with Crippen molar-refractivity contribution in [2.75, 3.05) is 5.75 Å². The van der Waals surface area contributed by atoms with Gasteiger partial charge in [-0.1, -0.05) is 6.92 Å². The van der Waals surface area contributed by atoms with Crippen molar-refractivity contribution in [3.8, 4) is 0 Å². The minimum atomic E-state index is -0.696. The van der Waals surface area contributed by atoms with Gasteiger partial charge in [0.2, 0.25) is 0 Å². The quantitative estimate of drug-likeness (QED) is 0.613. The molecular weight excluding hydrogens is 148 g/mol. The molecule has 0 aromatic carbocycles. The fraction of sp³-hybridized carbons (Fsp3) is 0.857. The van der Waals surface area contributed by atoms with Crippen LogP contribution in [0.15, 0.2) is 0 Å². The number of aliphatic carboxylic acids is 1. The molecule has 2 nitrogen and oxygen atoms in total. The van der Waals surface area contributed by atoms with Crippen molar-refractivity contribution in [3.63, 3.8) is 0 Å². The molecule has 0 saturated heterocycles. The largest absolute Gasteiger partial charge is 0.481 e. The van der Waals surface area contributed by atoms with Crippen LogP contribution in [0.25, 0.3) is 0 Å². The van der Waals surface area contributed by atoms with Crippen molar-refractivity contribution in [1.29, 1.82) is 0 Å². The molecule has 1 aliphatic carbocycles. The van der Waals surface area contributed by atoms with E-state index in [1.807, 2.05) is 0 Å². The average molecular weight is 160 g/mol. The number of hydrogen-bond acceptors (Lipinski definition) is 2. The van der Waals surface area contributed by atoms with Crippen molar-refractivity contribution in [2.24, 2.45) is 11.3 Å². The maximum Gasteiger partial charge on any atom is 0.303 e. The van der Waals surface area contributed by atoms with Gasteiger partial charge in [-0.05, 0) is 23.5 Å². The fourth-order valence-electron chi connectivity index (χ4n) is 1.37. The van der Waals surface area contributed by atoms with Crippen molar-refractivity contribution in [1.82, 2.24) is 0 Å². The minimum absolute atomic E-state index is 0.0367. The van der Waals surface area contributed by atoms with Gasteiger partial charge in [0.15, 0.2) is 0 Å². The van der Waals surface area contributed by atoms with Crippen LogP contribution in [0.1, 0.15) is 19.8 Å². The molecule has 3 heteroatoms. The van der Waals surface area contributed by atoms with Gasteiger partial charge in [-0.15, -0.1) is 0 Å². The number of hydrogen-bond donors (Lipinski definition) is 2. The summed E-state index contributed by atoms with van der Waals surface area (Å²) in [7, 11) is 0. The molecule has 1 rings (SSSR count). The number of carboxylic acids is 1. The number of thiol groups is 1. The van der Waals surface area contributed by atoms with E-state index in [0.717, 1.165) is 6.42 Å². The first kappa shape index (κ1) is 7.92. The summed E-state index contributed by atoms with van der Waals surface area (Å²) >= 11 is 4.13. The maximum absolute atomic E-state index is 10.3. The molecule has 1 fully saturated rings. The number of carboxylic acid groups (broad SMARTS) is 1. The summed E-state index contributed by atoms with van der Waals surface area (Å²) in [5.41, 5.74) is 0.0367. The van der Waals surface area contributed by atoms with Gasteiger partial charge >= 0.3 is 5.97 Å². The summed E-state index contributed by atoms with van der Waals surface area (Å²) in [6.07, 6.45) is 1.32. The Hall–Kier alpha value is -0.180. The van der Waals surface area contributed by atoms with Gasteiger partial charge in [0.1, 0.15) is 0 Å². The van der Waals surface area contributed by atoms with Gasteiger partial charge in [0, 0.05) is 0 Å². The predicted molar refractivity (Wildman–Crippen MR) is 42.3 cm³/mol. The normalized spacial score (nSPS) is 37.6. The second-order valence-electron chi connectivity index (χ2n) is 3.20. The van der Waals surface area contributed by atoms with Crippen LogP contribution in [0.4, 0.5) is 0 Å². The highest BCUT2D eigenvalue weighted by atomic mass is 32.1. The topological polar surface area (TPSA) is 37.3 Å². The zero-order valence-electron chi connectivity index (χ0n) is 6.00. The molecule has 0 bridgehead atoms. The molecule has 0 spiro atoms. The third-order valence-electron chi connectivity index (χ3n) is 2.42. The van der Waals surface area contributed by atoms with Crippen LogP contribution < -0.4 is 0 Å². The van der Waals surface area contributed by atoms with Gasteiger partial charge < -0.3 is 5.11 Å². The smallest absolute Gasteiger partial charge is 0.303 e. The van der Waals surface area contributed by atoms with Gasteiger partial charge in [-0.3, -0.25) is 4.79 Å². The Labute approximate surface area is 66.0 Å². The Morgan fingerprint density at radius 3 is 2.50 bits per heavy atom. The zero-order chi connectivity index (χ0) is 7.78. The molecule has 1 saturated carbocycles. The average Bonchev–Trinajstić information content (AvgIpc) is 2.42. The molecule has 1 aliphatic rings. The van der Waals surface area contributed by atoms with Gasteiger partial charge in [-0.25, -0.2) is 0 Å². The number of carbonyl (C=O) groups is 1. The molecule has 0 aromatic heterocycles. The molecule has 10 heavy (non-hydrogen) atoms. The van der Waals surface area contributed by atoms with E-state index in [0.29, 0.717) is 11.7 Å². The Morgan fingerprint density at radius 1 is 1.90 bits per heavy atom. The van der Waals surface area contributed by atoms with Crippen molar-refractivity contribution >= 4 is 18.6 Å². The van der Waals surface area contributed by atoms with Crippen molar-refractivity contribution in [2.45, 2.75) is 19.8 Å². The SMILES string of the molecule is CC1CC1(CS)CC(=O)O. The molecule has 0 radical (unpaired) electrons. The van der Waals surface area contributed by atoms with E-state index < -0.39 is 5.97 Å². The van der Waals surface area contributed by atoms with E-state index >= 15 is 0 Å². The van der Waals surface area contributed by atoms with E-state index in [-0.39, 0.29) is 11.8 Å². The minimum Gasteiger partial charge on any atom is -0.481 e. The van der Waals surface area contributed by atoms with Gasteiger partial charge in [-0.2, -0.15) is 12.6 Å². The lowest BCUT2D eigenvalue weighted by atomic mass is 10.0. The summed E-state index contributed by atoms with van der Waals surface area (Å²) in [6, 6.07) is 0. The summed E-state index contributed by atoms with van der Waals surface area (Å²) in [5, 5.41) is 8.50. The monoisotopic (exact) mass is 160 g/mol. The number of rotatable bonds is 3. The molecule has 0 aliphatic heterocycles. The molecule has 0 heterocycles. The Bertz CT molecular complexity index is 154. The third-order valence-corrected chi connectivity index (χ3v) is 3.05. The summed E-state index contributed by atoms with van der Waals surface area (Å²) in [5.74, 6) is 0.569. The molecule has 2 atom stereocenters. The molecular formula is C7H12O2S. The lowest BCUT2D eigenvalue weighted by Gasteiger charge is -2.08. The van der Waals surface area contributed by atoms with E-state index in [2.05, 4.69) is 19.6 Å². The highest BCUT2D eigenvalue weighted by Crippen LogP contribution is 2.55. The van der Waals surface area contributed by atoms with Crippen molar-refractivity contribution < 1.29 is 9.90 Å². The maximum atomic E-state index is 10.3. The van der Waals surface area contributed by atoms with Crippen molar-refractivity contribution in [3.05, 3.63) is 0 Å². The Kier molecular flexibility index (Phi) is 1.95. The van der Waals surface area contributed by atoms with E-state index in [4.69, 9.17) is 5.11 Å². The first-order valence-corrected chi connectivity index (χ1v) is 4.06. The van der Waals surface area contributed by atoms with Crippen LogP contribution >= 0.6 is 12.6 Å².